The molecule has 6 nitrogen and oxygen atoms in total. The van der Waals surface area contributed by atoms with Crippen molar-refractivity contribution in [2.24, 2.45) is 17.8 Å². The first-order chi connectivity index (χ1) is 19.6. The van der Waals surface area contributed by atoms with Gasteiger partial charge < -0.3 is 23.7 Å². The molecule has 4 bridgehead atoms. The fraction of sp³-hybridized carbons (Fsp3) is 0.588. The number of hydrogen-bond acceptors (Lipinski definition) is 6. The van der Waals surface area contributed by atoms with Crippen molar-refractivity contribution in [2.75, 3.05) is 53.2 Å². The van der Waals surface area contributed by atoms with Gasteiger partial charge in [0.05, 0.1) is 19.8 Å². The van der Waals surface area contributed by atoms with Gasteiger partial charge in [0.2, 0.25) is 0 Å². The lowest BCUT2D eigenvalue weighted by Gasteiger charge is -2.57. The van der Waals surface area contributed by atoms with Crippen molar-refractivity contribution in [2.45, 2.75) is 57.3 Å². The average molecular weight is 546 g/mol. The first-order valence-electron chi connectivity index (χ1n) is 15.1. The molecule has 0 radical (unpaired) electrons. The molecule has 7 rings (SSSR count). The van der Waals surface area contributed by atoms with Crippen LogP contribution >= 0.6 is 0 Å². The number of benzene rings is 2. The van der Waals surface area contributed by atoms with Crippen LogP contribution in [0.5, 0.6) is 11.5 Å². The van der Waals surface area contributed by atoms with Crippen LogP contribution in [-0.4, -0.2) is 64.5 Å². The van der Waals surface area contributed by atoms with Crippen LogP contribution in [0.4, 0.5) is 0 Å². The largest absolute Gasteiger partial charge is 0.492 e. The summed E-state index contributed by atoms with van der Waals surface area (Å²) in [6.07, 6.45) is 7.98. The lowest BCUT2D eigenvalue weighted by molar-refractivity contribution is -0.231. The number of ether oxygens (including phenoxy) is 5. The van der Waals surface area contributed by atoms with Crippen molar-refractivity contribution in [1.82, 2.24) is 4.90 Å². The Labute approximate surface area is 239 Å². The predicted molar refractivity (Wildman–Crippen MR) is 155 cm³/mol. The van der Waals surface area contributed by atoms with Crippen LogP contribution in [-0.2, 0) is 19.6 Å². The van der Waals surface area contributed by atoms with Gasteiger partial charge >= 0.3 is 6.48 Å². The van der Waals surface area contributed by atoms with Crippen molar-refractivity contribution in [3.05, 3.63) is 59.2 Å². The van der Waals surface area contributed by atoms with Gasteiger partial charge in [-0.15, -0.1) is 0 Å². The molecule has 6 heteroatoms. The minimum absolute atomic E-state index is 0.173. The van der Waals surface area contributed by atoms with Crippen molar-refractivity contribution in [3.8, 4) is 23.3 Å². The summed E-state index contributed by atoms with van der Waals surface area (Å²) in [4.78, 5) is 2.38. The van der Waals surface area contributed by atoms with E-state index >= 15 is 0 Å². The summed E-state index contributed by atoms with van der Waals surface area (Å²) in [6, 6.07) is 14.5. The summed E-state index contributed by atoms with van der Waals surface area (Å²) >= 11 is 0. The highest BCUT2D eigenvalue weighted by Crippen LogP contribution is 2.62. The molecule has 4 aliphatic carbocycles. The standard InChI is InChI=1S/C34H43NO5/c1-3-38-33(36-2)40-32-11-8-26(21-31(32)34-22-27-18-28(23-34)20-29(19-27)24-34)5-4-25-6-9-30(10-7-25)39-17-14-35-12-15-37-16-13-35/h6-11,21,27-29,33H,3,12-20,22-24H2,1-2H3. The smallest absolute Gasteiger partial charge is 0.315 e. The van der Waals surface area contributed by atoms with Crippen molar-refractivity contribution in [1.29, 1.82) is 0 Å². The molecule has 214 valence electrons. The Bertz CT molecular complexity index is 1160. The Kier molecular flexibility index (Phi) is 8.65. The Hall–Kier alpha value is -2.56. The lowest BCUT2D eigenvalue weighted by Crippen LogP contribution is -2.48. The van der Waals surface area contributed by atoms with Gasteiger partial charge in [-0.25, -0.2) is 0 Å². The molecule has 5 fully saturated rings. The van der Waals surface area contributed by atoms with E-state index in [1.807, 2.05) is 31.2 Å². The monoisotopic (exact) mass is 545 g/mol. The topological polar surface area (TPSA) is 49.4 Å². The zero-order chi connectivity index (χ0) is 27.4. The van der Waals surface area contributed by atoms with E-state index in [1.54, 1.807) is 7.11 Å². The minimum Gasteiger partial charge on any atom is -0.492 e. The normalized spacial score (nSPS) is 28.1. The highest BCUT2D eigenvalue weighted by atomic mass is 16.8. The zero-order valence-corrected chi connectivity index (χ0v) is 24.0. The maximum atomic E-state index is 6.31. The van der Waals surface area contributed by atoms with E-state index in [1.165, 1.54) is 44.1 Å². The summed E-state index contributed by atoms with van der Waals surface area (Å²) < 4.78 is 28.9. The fourth-order valence-electron chi connectivity index (χ4n) is 7.85. The van der Waals surface area contributed by atoms with E-state index in [0.717, 1.165) is 73.2 Å². The summed E-state index contributed by atoms with van der Waals surface area (Å²) in [5.74, 6) is 11.1. The number of hydrogen-bond donors (Lipinski definition) is 0. The van der Waals surface area contributed by atoms with Crippen LogP contribution in [0.3, 0.4) is 0 Å². The Balaban J connectivity index is 1.18. The third kappa shape index (κ3) is 6.34. The van der Waals surface area contributed by atoms with E-state index in [0.29, 0.717) is 13.2 Å². The molecule has 1 saturated heterocycles. The summed E-state index contributed by atoms with van der Waals surface area (Å²) in [7, 11) is 1.63. The summed E-state index contributed by atoms with van der Waals surface area (Å²) in [6.45, 7) is 6.98. The molecule has 1 aliphatic heterocycles. The zero-order valence-electron chi connectivity index (χ0n) is 24.0. The van der Waals surface area contributed by atoms with Crippen molar-refractivity contribution < 1.29 is 23.7 Å². The summed E-state index contributed by atoms with van der Waals surface area (Å²) in [5.41, 5.74) is 3.47. The van der Waals surface area contributed by atoms with Gasteiger partial charge in [-0.05, 0) is 111 Å². The number of morpholine rings is 1. The third-order valence-electron chi connectivity index (χ3n) is 9.29. The van der Waals surface area contributed by atoms with Crippen LogP contribution in [0.1, 0.15) is 62.1 Å². The van der Waals surface area contributed by atoms with E-state index in [-0.39, 0.29) is 5.41 Å². The molecule has 0 amide bonds. The molecule has 1 unspecified atom stereocenters. The maximum absolute atomic E-state index is 6.31. The molecule has 2 aromatic carbocycles. The molecule has 5 aliphatic rings. The second kappa shape index (κ2) is 12.5. The van der Waals surface area contributed by atoms with Crippen LogP contribution in [0, 0.1) is 29.6 Å². The molecule has 0 aromatic heterocycles. The van der Waals surface area contributed by atoms with Gasteiger partial charge in [0.25, 0.3) is 0 Å². The molecular formula is C34H43NO5. The van der Waals surface area contributed by atoms with Crippen LogP contribution < -0.4 is 9.47 Å². The first kappa shape index (κ1) is 27.6. The van der Waals surface area contributed by atoms with E-state index < -0.39 is 6.48 Å². The minimum atomic E-state index is -0.704. The first-order valence-corrected chi connectivity index (χ1v) is 15.1. The molecule has 0 spiro atoms. The average Bonchev–Trinajstić information content (AvgIpc) is 2.97. The second-order valence-electron chi connectivity index (χ2n) is 12.1. The van der Waals surface area contributed by atoms with E-state index in [4.69, 9.17) is 23.7 Å². The number of methoxy groups -OCH3 is 1. The van der Waals surface area contributed by atoms with Gasteiger partial charge in [-0.2, -0.15) is 0 Å². The quantitative estimate of drug-likeness (QED) is 0.286. The van der Waals surface area contributed by atoms with Gasteiger partial charge in [-0.1, -0.05) is 11.8 Å². The van der Waals surface area contributed by atoms with Gasteiger partial charge in [0, 0.05) is 43.4 Å². The van der Waals surface area contributed by atoms with E-state index in [2.05, 4.69) is 34.9 Å². The number of nitrogens with zero attached hydrogens (tertiary/aromatic N) is 1. The molecule has 1 atom stereocenters. The third-order valence-corrected chi connectivity index (χ3v) is 9.29. The van der Waals surface area contributed by atoms with Crippen molar-refractivity contribution in [3.63, 3.8) is 0 Å². The van der Waals surface area contributed by atoms with Gasteiger partial charge in [0.1, 0.15) is 18.1 Å². The van der Waals surface area contributed by atoms with Gasteiger partial charge in [-0.3, -0.25) is 4.90 Å². The van der Waals surface area contributed by atoms with Crippen LogP contribution in [0.25, 0.3) is 0 Å². The Morgan fingerprint density at radius 3 is 2.23 bits per heavy atom. The molecule has 2 aromatic rings. The molecule has 1 heterocycles. The van der Waals surface area contributed by atoms with Crippen LogP contribution in [0.2, 0.25) is 0 Å². The van der Waals surface area contributed by atoms with E-state index in [9.17, 15) is 0 Å². The number of rotatable bonds is 10. The molecule has 4 saturated carbocycles. The van der Waals surface area contributed by atoms with Crippen LogP contribution in [0.15, 0.2) is 42.5 Å². The summed E-state index contributed by atoms with van der Waals surface area (Å²) in [5, 5.41) is 0. The molecule has 0 N–H and O–H groups in total. The Morgan fingerprint density at radius 2 is 1.57 bits per heavy atom. The fourth-order valence-corrected chi connectivity index (χ4v) is 7.85. The highest BCUT2D eigenvalue weighted by molar-refractivity contribution is 5.51. The molecular weight excluding hydrogens is 502 g/mol. The highest BCUT2D eigenvalue weighted by Gasteiger charge is 2.52. The molecule has 40 heavy (non-hydrogen) atoms. The Morgan fingerprint density at radius 1 is 0.925 bits per heavy atom. The maximum Gasteiger partial charge on any atom is 0.315 e. The predicted octanol–water partition coefficient (Wildman–Crippen LogP) is 5.61. The second-order valence-corrected chi connectivity index (χ2v) is 12.1. The lowest BCUT2D eigenvalue weighted by atomic mass is 9.48. The van der Waals surface area contributed by atoms with Gasteiger partial charge in [0.15, 0.2) is 0 Å². The van der Waals surface area contributed by atoms with Crippen molar-refractivity contribution >= 4 is 0 Å². The SMILES string of the molecule is CCOC(OC)Oc1ccc(C#Cc2ccc(OCCN3CCOCC3)cc2)cc1C12CC3CC(CC(C3)C1)C2.